The van der Waals surface area contributed by atoms with Gasteiger partial charge in [0.15, 0.2) is 0 Å². The van der Waals surface area contributed by atoms with E-state index in [-0.39, 0.29) is 14.1 Å². The quantitative estimate of drug-likeness (QED) is 0.546. The van der Waals surface area contributed by atoms with Gasteiger partial charge in [-0.05, 0) is 12.8 Å². The van der Waals surface area contributed by atoms with E-state index in [1.807, 2.05) is 4.31 Å². The molecule has 0 atom stereocenters. The second-order valence-corrected chi connectivity index (χ2v) is 2.51. The highest BCUT2D eigenvalue weighted by atomic mass is 32.1. The molecule has 1 nitrogen and oxygen atoms in total. The van der Waals surface area contributed by atoms with Gasteiger partial charge < -0.3 is 0 Å². The minimum atomic E-state index is 0. The van der Waals surface area contributed by atoms with Crippen LogP contribution in [0.4, 0.5) is 14.1 Å². The molecule has 0 N–H and O–H groups in total. The largest absolute Gasteiger partial charge is 0.269 e. The summed E-state index contributed by atoms with van der Waals surface area (Å²) in [6, 6.07) is 0. The van der Waals surface area contributed by atoms with Crippen molar-refractivity contribution in [1.82, 2.24) is 4.31 Å². The standard InChI is InChI=1S/C5H10NS.3FH/c7-6-4-2-1-3-5-6;;;/h1-5H2;3*1H. The zero-order valence-electron chi connectivity index (χ0n) is 5.62. The maximum Gasteiger partial charge on any atom is 0.00976 e. The summed E-state index contributed by atoms with van der Waals surface area (Å²) in [6.07, 6.45) is 4.00. The summed E-state index contributed by atoms with van der Waals surface area (Å²) in [5, 5.41) is 0. The van der Waals surface area contributed by atoms with E-state index >= 15 is 0 Å². The Hall–Kier alpha value is 0.1000. The van der Waals surface area contributed by atoms with Crippen LogP contribution >= 0.6 is 12.8 Å². The molecule has 1 fully saturated rings. The van der Waals surface area contributed by atoms with E-state index in [1.54, 1.807) is 0 Å². The first-order valence-electron chi connectivity index (χ1n) is 2.82. The van der Waals surface area contributed by atoms with Crippen molar-refractivity contribution in [2.24, 2.45) is 0 Å². The van der Waals surface area contributed by atoms with Crippen LogP contribution in [-0.4, -0.2) is 17.4 Å². The molecule has 0 aromatic heterocycles. The molecule has 10 heavy (non-hydrogen) atoms. The molecule has 1 heterocycles. The average Bonchev–Trinajstić information content (AvgIpc) is 1.69. The van der Waals surface area contributed by atoms with E-state index in [4.69, 9.17) is 12.8 Å². The van der Waals surface area contributed by atoms with Crippen molar-refractivity contribution < 1.29 is 14.1 Å². The van der Waals surface area contributed by atoms with Crippen LogP contribution in [0.2, 0.25) is 0 Å². The van der Waals surface area contributed by atoms with Gasteiger partial charge in [0, 0.05) is 25.9 Å². The van der Waals surface area contributed by atoms with E-state index < -0.39 is 0 Å². The van der Waals surface area contributed by atoms with Crippen LogP contribution in [0.5, 0.6) is 0 Å². The Morgan fingerprint density at radius 2 is 1.20 bits per heavy atom. The van der Waals surface area contributed by atoms with E-state index in [0.29, 0.717) is 0 Å². The van der Waals surface area contributed by atoms with Crippen LogP contribution < -0.4 is 0 Å². The van der Waals surface area contributed by atoms with Crippen LogP contribution in [0, 0.1) is 0 Å². The molecular formula is C5H13F3NS. The maximum absolute atomic E-state index is 4.92. The van der Waals surface area contributed by atoms with Crippen LogP contribution in [0.15, 0.2) is 0 Å². The van der Waals surface area contributed by atoms with Crippen molar-refractivity contribution in [3.63, 3.8) is 0 Å². The van der Waals surface area contributed by atoms with Gasteiger partial charge in [0.05, 0.1) is 0 Å². The number of piperidine rings is 1. The molecule has 0 aromatic rings. The van der Waals surface area contributed by atoms with Crippen LogP contribution in [0.25, 0.3) is 0 Å². The first kappa shape index (κ1) is 16.6. The summed E-state index contributed by atoms with van der Waals surface area (Å²) < 4.78 is 1.98. The lowest BCUT2D eigenvalue weighted by Crippen LogP contribution is -2.19. The number of nitrogens with zero attached hydrogens (tertiary/aromatic N) is 1. The normalized spacial score (nSPS) is 17.7. The molecule has 0 spiro atoms. The van der Waals surface area contributed by atoms with Gasteiger partial charge in [0.1, 0.15) is 0 Å². The minimum Gasteiger partial charge on any atom is -0.269 e. The molecule has 0 unspecified atom stereocenters. The van der Waals surface area contributed by atoms with Gasteiger partial charge in [-0.15, -0.1) is 0 Å². The number of hydrogen-bond donors (Lipinski definition) is 0. The monoisotopic (exact) mass is 176 g/mol. The fourth-order valence-corrected chi connectivity index (χ4v) is 1.12. The minimum absolute atomic E-state index is 0. The smallest absolute Gasteiger partial charge is 0.00976 e. The van der Waals surface area contributed by atoms with Crippen molar-refractivity contribution in [3.8, 4) is 0 Å². The number of halogens is 3. The van der Waals surface area contributed by atoms with Gasteiger partial charge in [0.25, 0.3) is 0 Å². The molecule has 0 aromatic carbocycles. The molecule has 5 heteroatoms. The zero-order chi connectivity index (χ0) is 5.11. The molecule has 1 rings (SSSR count). The number of rotatable bonds is 0. The number of hydrogen-bond acceptors (Lipinski definition) is 1. The molecule has 1 aliphatic heterocycles. The first-order valence-corrected chi connectivity index (χ1v) is 3.18. The summed E-state index contributed by atoms with van der Waals surface area (Å²) in [4.78, 5) is 0. The fraction of sp³-hybridized carbons (Fsp3) is 1.00. The topological polar surface area (TPSA) is 3.24 Å². The van der Waals surface area contributed by atoms with E-state index in [0.717, 1.165) is 13.1 Å². The summed E-state index contributed by atoms with van der Waals surface area (Å²) in [7, 11) is 0. The molecule has 0 amide bonds. The Morgan fingerprint density at radius 1 is 0.800 bits per heavy atom. The Kier molecular flexibility index (Phi) is 15.1. The first-order chi connectivity index (χ1) is 3.39. The van der Waals surface area contributed by atoms with Crippen molar-refractivity contribution in [2.75, 3.05) is 13.1 Å². The molecule has 0 aliphatic carbocycles. The molecule has 65 valence electrons. The van der Waals surface area contributed by atoms with E-state index in [1.165, 1.54) is 19.3 Å². The lowest BCUT2D eigenvalue weighted by molar-refractivity contribution is 0.385. The molecule has 1 radical (unpaired) electrons. The molecule has 1 saturated heterocycles. The lowest BCUT2D eigenvalue weighted by atomic mass is 10.2. The average molecular weight is 176 g/mol. The SMILES string of the molecule is F.F.F.[S]N1CCCCC1. The molecule has 1 aliphatic rings. The summed E-state index contributed by atoms with van der Waals surface area (Å²) in [5.41, 5.74) is 0. The van der Waals surface area contributed by atoms with Crippen molar-refractivity contribution in [3.05, 3.63) is 0 Å². The summed E-state index contributed by atoms with van der Waals surface area (Å²) in [6.45, 7) is 2.27. The predicted octanol–water partition coefficient (Wildman–Crippen LogP) is 2.04. The van der Waals surface area contributed by atoms with E-state index in [9.17, 15) is 0 Å². The van der Waals surface area contributed by atoms with Crippen LogP contribution in [-0.2, 0) is 0 Å². The fourth-order valence-electron chi connectivity index (χ4n) is 0.865. The Labute approximate surface area is 64.4 Å². The van der Waals surface area contributed by atoms with Crippen molar-refractivity contribution in [2.45, 2.75) is 19.3 Å². The van der Waals surface area contributed by atoms with Gasteiger partial charge in [-0.3, -0.25) is 14.1 Å². The molecule has 0 saturated carbocycles. The van der Waals surface area contributed by atoms with Crippen LogP contribution in [0.1, 0.15) is 19.3 Å². The summed E-state index contributed by atoms with van der Waals surface area (Å²) in [5.74, 6) is 0. The van der Waals surface area contributed by atoms with Gasteiger partial charge in [-0.1, -0.05) is 6.42 Å². The Balaban J connectivity index is -0.000000163. The maximum atomic E-state index is 4.92. The highest BCUT2D eigenvalue weighted by Gasteiger charge is 2.04. The highest BCUT2D eigenvalue weighted by Crippen LogP contribution is 2.08. The van der Waals surface area contributed by atoms with Crippen molar-refractivity contribution >= 4 is 12.8 Å². The third kappa shape index (κ3) is 6.22. The van der Waals surface area contributed by atoms with Gasteiger partial charge in [-0.25, -0.2) is 4.31 Å². The molecular weight excluding hydrogens is 163 g/mol. The predicted molar refractivity (Wildman–Crippen MR) is 40.5 cm³/mol. The second kappa shape index (κ2) is 9.10. The lowest BCUT2D eigenvalue weighted by Gasteiger charge is -2.18. The van der Waals surface area contributed by atoms with Crippen LogP contribution in [0.3, 0.4) is 0 Å². The zero-order valence-corrected chi connectivity index (χ0v) is 6.43. The Bertz CT molecular complexity index is 58.9. The molecule has 0 bridgehead atoms. The van der Waals surface area contributed by atoms with Gasteiger partial charge in [0.2, 0.25) is 0 Å². The van der Waals surface area contributed by atoms with Crippen molar-refractivity contribution in [1.29, 1.82) is 0 Å². The second-order valence-electron chi connectivity index (χ2n) is 1.99. The third-order valence-corrected chi connectivity index (χ3v) is 1.68. The Morgan fingerprint density at radius 3 is 1.40 bits per heavy atom. The van der Waals surface area contributed by atoms with Gasteiger partial charge >= 0.3 is 0 Å². The van der Waals surface area contributed by atoms with Gasteiger partial charge in [-0.2, -0.15) is 0 Å². The van der Waals surface area contributed by atoms with E-state index in [2.05, 4.69) is 0 Å². The summed E-state index contributed by atoms with van der Waals surface area (Å²) >= 11 is 4.92. The third-order valence-electron chi connectivity index (χ3n) is 1.32. The highest BCUT2D eigenvalue weighted by molar-refractivity contribution is 7.77.